The third-order valence-electron chi connectivity index (χ3n) is 4.75. The summed E-state index contributed by atoms with van der Waals surface area (Å²) in [5.74, 6) is 1.70. The molecular formula is C20H25NO4S. The first-order chi connectivity index (χ1) is 12.5. The van der Waals surface area contributed by atoms with Gasteiger partial charge in [0.25, 0.3) is 0 Å². The molecule has 2 aromatic rings. The molecule has 0 aromatic heterocycles. The molecule has 26 heavy (non-hydrogen) atoms. The van der Waals surface area contributed by atoms with Gasteiger partial charge in [-0.15, -0.1) is 0 Å². The number of hydrogen-bond donors (Lipinski definition) is 0. The van der Waals surface area contributed by atoms with Gasteiger partial charge in [0, 0.05) is 19.0 Å². The van der Waals surface area contributed by atoms with Crippen molar-refractivity contribution in [1.82, 2.24) is 4.31 Å². The van der Waals surface area contributed by atoms with Gasteiger partial charge in [-0.2, -0.15) is 4.31 Å². The van der Waals surface area contributed by atoms with Crippen LogP contribution >= 0.6 is 0 Å². The van der Waals surface area contributed by atoms with E-state index in [0.29, 0.717) is 30.3 Å². The lowest BCUT2D eigenvalue weighted by Gasteiger charge is -2.32. The molecule has 140 valence electrons. The molecule has 0 amide bonds. The van der Waals surface area contributed by atoms with Crippen LogP contribution in [0.4, 0.5) is 0 Å². The minimum absolute atomic E-state index is 0.191. The molecule has 6 heteroatoms. The standard InChI is InChI=1S/C20H25NO4S/c1-16-6-3-4-8-20(16)25-15-17-7-5-13-21(14-17)26(22,23)19-11-9-18(24-2)10-12-19/h3-4,6,8-12,17H,5,7,13-15H2,1-2H3. The first-order valence-corrected chi connectivity index (χ1v) is 10.3. The van der Waals surface area contributed by atoms with Crippen molar-refractivity contribution in [3.63, 3.8) is 0 Å². The molecular weight excluding hydrogens is 350 g/mol. The number of aryl methyl sites for hydroxylation is 1. The highest BCUT2D eigenvalue weighted by molar-refractivity contribution is 7.89. The average Bonchev–Trinajstić information content (AvgIpc) is 2.67. The van der Waals surface area contributed by atoms with Crippen LogP contribution in [0.3, 0.4) is 0 Å². The highest BCUT2D eigenvalue weighted by atomic mass is 32.2. The van der Waals surface area contributed by atoms with Crippen LogP contribution in [-0.2, 0) is 10.0 Å². The van der Waals surface area contributed by atoms with Gasteiger partial charge < -0.3 is 9.47 Å². The van der Waals surface area contributed by atoms with Gasteiger partial charge in [-0.1, -0.05) is 18.2 Å². The molecule has 0 saturated carbocycles. The number of methoxy groups -OCH3 is 1. The topological polar surface area (TPSA) is 55.8 Å². The van der Waals surface area contributed by atoms with E-state index in [-0.39, 0.29) is 5.92 Å². The highest BCUT2D eigenvalue weighted by Crippen LogP contribution is 2.26. The number of hydrogen-bond acceptors (Lipinski definition) is 4. The summed E-state index contributed by atoms with van der Waals surface area (Å²) in [6.45, 7) is 3.58. The van der Waals surface area contributed by atoms with E-state index in [1.807, 2.05) is 31.2 Å². The lowest BCUT2D eigenvalue weighted by Crippen LogP contribution is -2.41. The Bertz CT molecular complexity index is 833. The van der Waals surface area contributed by atoms with Crippen LogP contribution in [0.15, 0.2) is 53.4 Å². The third kappa shape index (κ3) is 4.19. The van der Waals surface area contributed by atoms with E-state index in [0.717, 1.165) is 24.2 Å². The van der Waals surface area contributed by atoms with Crippen LogP contribution in [-0.4, -0.2) is 39.5 Å². The van der Waals surface area contributed by atoms with Crippen molar-refractivity contribution in [2.45, 2.75) is 24.7 Å². The molecule has 1 saturated heterocycles. The maximum absolute atomic E-state index is 12.9. The minimum Gasteiger partial charge on any atom is -0.497 e. The molecule has 1 atom stereocenters. The second-order valence-corrected chi connectivity index (χ2v) is 8.56. The predicted molar refractivity (Wildman–Crippen MR) is 101 cm³/mol. The van der Waals surface area contributed by atoms with Gasteiger partial charge in [-0.25, -0.2) is 8.42 Å². The molecule has 0 aliphatic carbocycles. The normalized spacial score (nSPS) is 18.5. The predicted octanol–water partition coefficient (Wildman–Crippen LogP) is 3.48. The summed E-state index contributed by atoms with van der Waals surface area (Å²) < 4.78 is 38.4. The summed E-state index contributed by atoms with van der Waals surface area (Å²) in [6.07, 6.45) is 1.82. The van der Waals surface area contributed by atoms with Crippen molar-refractivity contribution in [1.29, 1.82) is 0 Å². The lowest BCUT2D eigenvalue weighted by atomic mass is 10.0. The van der Waals surface area contributed by atoms with Gasteiger partial charge in [0.05, 0.1) is 18.6 Å². The maximum Gasteiger partial charge on any atom is 0.243 e. The highest BCUT2D eigenvalue weighted by Gasteiger charge is 2.30. The third-order valence-corrected chi connectivity index (χ3v) is 6.63. The van der Waals surface area contributed by atoms with Gasteiger partial charge in [-0.3, -0.25) is 0 Å². The molecule has 2 aromatic carbocycles. The van der Waals surface area contributed by atoms with E-state index in [1.165, 1.54) is 0 Å². The maximum atomic E-state index is 12.9. The fourth-order valence-corrected chi connectivity index (χ4v) is 4.76. The minimum atomic E-state index is -3.49. The van der Waals surface area contributed by atoms with E-state index < -0.39 is 10.0 Å². The fourth-order valence-electron chi connectivity index (χ4n) is 3.20. The van der Waals surface area contributed by atoms with E-state index in [1.54, 1.807) is 35.7 Å². The summed E-state index contributed by atoms with van der Waals surface area (Å²) >= 11 is 0. The molecule has 1 aliphatic rings. The number of rotatable bonds is 6. The van der Waals surface area contributed by atoms with Crippen LogP contribution in [0.5, 0.6) is 11.5 Å². The number of sulfonamides is 1. The zero-order chi connectivity index (χ0) is 18.6. The van der Waals surface area contributed by atoms with Crippen molar-refractivity contribution in [3.8, 4) is 11.5 Å². The van der Waals surface area contributed by atoms with E-state index in [2.05, 4.69) is 0 Å². The van der Waals surface area contributed by atoms with Crippen LogP contribution < -0.4 is 9.47 Å². The number of piperidine rings is 1. The summed E-state index contributed by atoms with van der Waals surface area (Å²) in [4.78, 5) is 0.304. The summed E-state index contributed by atoms with van der Waals surface area (Å²) in [5.41, 5.74) is 1.09. The Hall–Kier alpha value is -2.05. The summed E-state index contributed by atoms with van der Waals surface area (Å²) in [5, 5.41) is 0. The van der Waals surface area contributed by atoms with Gasteiger partial charge in [0.1, 0.15) is 11.5 Å². The Morgan fingerprint density at radius 1 is 1.12 bits per heavy atom. The second-order valence-electron chi connectivity index (χ2n) is 6.62. The second kappa shape index (κ2) is 8.10. The van der Waals surface area contributed by atoms with Crippen molar-refractivity contribution in [3.05, 3.63) is 54.1 Å². The Morgan fingerprint density at radius 3 is 2.54 bits per heavy atom. The molecule has 0 spiro atoms. The monoisotopic (exact) mass is 375 g/mol. The Morgan fingerprint density at radius 2 is 1.85 bits per heavy atom. The average molecular weight is 375 g/mol. The Kier molecular flexibility index (Phi) is 5.84. The van der Waals surface area contributed by atoms with E-state index >= 15 is 0 Å². The van der Waals surface area contributed by atoms with Crippen LogP contribution in [0, 0.1) is 12.8 Å². The van der Waals surface area contributed by atoms with Crippen LogP contribution in [0.2, 0.25) is 0 Å². The SMILES string of the molecule is COc1ccc(S(=O)(=O)N2CCCC(COc3ccccc3C)C2)cc1. The van der Waals surface area contributed by atoms with Gasteiger partial charge in [0.2, 0.25) is 10.0 Å². The quantitative estimate of drug-likeness (QED) is 0.776. The molecule has 0 N–H and O–H groups in total. The zero-order valence-corrected chi connectivity index (χ0v) is 16.0. The summed E-state index contributed by atoms with van der Waals surface area (Å²) in [6, 6.07) is 14.4. The first-order valence-electron chi connectivity index (χ1n) is 8.83. The molecule has 0 bridgehead atoms. The zero-order valence-electron chi connectivity index (χ0n) is 15.2. The molecule has 5 nitrogen and oxygen atoms in total. The van der Waals surface area contributed by atoms with E-state index in [4.69, 9.17) is 9.47 Å². The van der Waals surface area contributed by atoms with Crippen molar-refractivity contribution >= 4 is 10.0 Å². The molecule has 1 fully saturated rings. The van der Waals surface area contributed by atoms with Gasteiger partial charge in [0.15, 0.2) is 0 Å². The molecule has 1 unspecified atom stereocenters. The van der Waals surface area contributed by atoms with Crippen LogP contribution in [0.25, 0.3) is 0 Å². The fraction of sp³-hybridized carbons (Fsp3) is 0.400. The van der Waals surface area contributed by atoms with Crippen molar-refractivity contribution in [2.75, 3.05) is 26.8 Å². The number of ether oxygens (including phenoxy) is 2. The van der Waals surface area contributed by atoms with Crippen LogP contribution in [0.1, 0.15) is 18.4 Å². The summed E-state index contributed by atoms with van der Waals surface area (Å²) in [7, 11) is -1.93. The van der Waals surface area contributed by atoms with Gasteiger partial charge in [-0.05, 0) is 55.7 Å². The largest absolute Gasteiger partial charge is 0.497 e. The Labute approximate surface area is 155 Å². The molecule has 1 aliphatic heterocycles. The smallest absolute Gasteiger partial charge is 0.243 e. The van der Waals surface area contributed by atoms with Crippen molar-refractivity contribution < 1.29 is 17.9 Å². The van der Waals surface area contributed by atoms with Gasteiger partial charge >= 0.3 is 0 Å². The molecule has 1 heterocycles. The number of para-hydroxylation sites is 1. The van der Waals surface area contributed by atoms with Crippen molar-refractivity contribution in [2.24, 2.45) is 5.92 Å². The lowest BCUT2D eigenvalue weighted by molar-refractivity contribution is 0.179. The number of nitrogens with zero attached hydrogens (tertiary/aromatic N) is 1. The Balaban J connectivity index is 1.66. The van der Waals surface area contributed by atoms with E-state index in [9.17, 15) is 8.42 Å². The molecule has 0 radical (unpaired) electrons. The first kappa shape index (κ1) is 18.7. The number of benzene rings is 2. The molecule has 3 rings (SSSR count).